The van der Waals surface area contributed by atoms with Crippen molar-refractivity contribution in [3.8, 4) is 0 Å². The molecule has 0 aliphatic heterocycles. The van der Waals surface area contributed by atoms with Crippen molar-refractivity contribution in [2.24, 2.45) is 0 Å². The van der Waals surface area contributed by atoms with Crippen LogP contribution in [0.3, 0.4) is 0 Å². The number of hydrogen-bond donors (Lipinski definition) is 2. The average Bonchev–Trinajstić information content (AvgIpc) is 2.70. The fourth-order valence-corrected chi connectivity index (χ4v) is 2.50. The molecule has 2 aromatic rings. The van der Waals surface area contributed by atoms with Crippen molar-refractivity contribution in [1.29, 1.82) is 0 Å². The van der Waals surface area contributed by atoms with Crippen LogP contribution < -0.4 is 15.8 Å². The quantitative estimate of drug-likeness (QED) is 0.448. The fourth-order valence-electron chi connectivity index (χ4n) is 2.50. The molecule has 0 bridgehead atoms. The highest BCUT2D eigenvalue weighted by molar-refractivity contribution is 5.81. The smallest absolute Gasteiger partial charge is 0.354 e. The summed E-state index contributed by atoms with van der Waals surface area (Å²) in [5.74, 6) is -0.487. The molecule has 154 valence electrons. The number of anilines is 2. The van der Waals surface area contributed by atoms with Crippen molar-refractivity contribution in [3.63, 3.8) is 0 Å². The lowest BCUT2D eigenvalue weighted by atomic mass is 10.1. The first-order valence-electron chi connectivity index (χ1n) is 8.82. The molecule has 0 unspecified atom stereocenters. The van der Waals surface area contributed by atoms with E-state index in [0.29, 0.717) is 12.1 Å². The highest BCUT2D eigenvalue weighted by Crippen LogP contribution is 2.30. The van der Waals surface area contributed by atoms with Crippen LogP contribution in [0.15, 0.2) is 30.6 Å². The second-order valence-electron chi connectivity index (χ2n) is 6.20. The average molecular weight is 403 g/mol. The van der Waals surface area contributed by atoms with Gasteiger partial charge in [-0.1, -0.05) is 25.5 Å². The summed E-state index contributed by atoms with van der Waals surface area (Å²) in [5, 5.41) is 22.2. The fraction of sp³-hybridized carbons (Fsp3) is 0.353. The molecule has 0 atom stereocenters. The van der Waals surface area contributed by atoms with E-state index in [2.05, 4.69) is 20.8 Å². The van der Waals surface area contributed by atoms with Gasteiger partial charge in [0.05, 0.1) is 16.3 Å². The van der Waals surface area contributed by atoms with E-state index in [4.69, 9.17) is 0 Å². The molecule has 0 fully saturated rings. The summed E-state index contributed by atoms with van der Waals surface area (Å²) >= 11 is 0. The molecule has 12 heteroatoms. The van der Waals surface area contributed by atoms with E-state index in [0.717, 1.165) is 12.8 Å². The number of amides is 1. The van der Waals surface area contributed by atoms with Crippen molar-refractivity contribution in [2.75, 3.05) is 23.9 Å². The number of carbonyl (C=O) groups is 1. The molecule has 0 saturated carbocycles. The Morgan fingerprint density at radius 2 is 1.83 bits per heavy atom. The first kappa shape index (κ1) is 21.5. The molecular weight excluding hydrogens is 382 g/mol. The van der Waals surface area contributed by atoms with Gasteiger partial charge in [0.1, 0.15) is 6.33 Å². The summed E-state index contributed by atoms with van der Waals surface area (Å²) < 4.78 is 0. The number of hydrazine groups is 1. The van der Waals surface area contributed by atoms with E-state index < -0.39 is 15.8 Å². The van der Waals surface area contributed by atoms with Crippen LogP contribution in [0.25, 0.3) is 0 Å². The molecule has 2 rings (SSSR count). The third kappa shape index (κ3) is 5.82. The minimum absolute atomic E-state index is 0.0763. The molecule has 0 saturated heterocycles. The predicted molar refractivity (Wildman–Crippen MR) is 105 cm³/mol. The van der Waals surface area contributed by atoms with Gasteiger partial charge in [0.25, 0.3) is 5.69 Å². The molecule has 0 aliphatic carbocycles. The van der Waals surface area contributed by atoms with Crippen LogP contribution in [0.4, 0.5) is 23.0 Å². The molecule has 2 N–H and O–H groups in total. The van der Waals surface area contributed by atoms with Crippen LogP contribution in [-0.4, -0.2) is 39.3 Å². The Kier molecular flexibility index (Phi) is 7.34. The topological polar surface area (TPSA) is 156 Å². The second kappa shape index (κ2) is 9.92. The largest absolute Gasteiger partial charge is 0.355 e. The third-order valence-corrected chi connectivity index (χ3v) is 4.03. The van der Waals surface area contributed by atoms with Gasteiger partial charge in [0, 0.05) is 25.7 Å². The summed E-state index contributed by atoms with van der Waals surface area (Å²) in [5.41, 5.74) is 4.94. The second-order valence-corrected chi connectivity index (χ2v) is 6.20. The van der Waals surface area contributed by atoms with E-state index in [9.17, 15) is 25.0 Å². The summed E-state index contributed by atoms with van der Waals surface area (Å²) in [7, 11) is 1.70. The number of carbonyl (C=O) groups excluding carboxylic acids is 1. The van der Waals surface area contributed by atoms with Gasteiger partial charge in [-0.2, -0.15) is 0 Å². The van der Waals surface area contributed by atoms with Gasteiger partial charge in [0.15, 0.2) is 0 Å². The van der Waals surface area contributed by atoms with E-state index >= 15 is 0 Å². The van der Waals surface area contributed by atoms with Crippen LogP contribution in [0.2, 0.25) is 0 Å². The number of nitro groups is 2. The van der Waals surface area contributed by atoms with Crippen molar-refractivity contribution < 1.29 is 14.6 Å². The number of hydrogen-bond acceptors (Lipinski definition) is 9. The Bertz CT molecular complexity index is 888. The summed E-state index contributed by atoms with van der Waals surface area (Å²) in [4.78, 5) is 42.7. The molecule has 12 nitrogen and oxygen atoms in total. The van der Waals surface area contributed by atoms with Gasteiger partial charge in [-0.3, -0.25) is 35.9 Å². The van der Waals surface area contributed by atoms with Crippen molar-refractivity contribution in [2.45, 2.75) is 26.2 Å². The van der Waals surface area contributed by atoms with Gasteiger partial charge in [-0.25, -0.2) is 9.97 Å². The number of unbranched alkanes of at least 4 members (excludes halogenated alkanes) is 1. The van der Waals surface area contributed by atoms with Crippen molar-refractivity contribution >= 4 is 28.9 Å². The SMILES string of the molecule is CCCCN(C)c1ncnc(NNC(=O)Cc2ccc([N+](=O)[O-])cc2)c1[N+](=O)[O-]. The van der Waals surface area contributed by atoms with Crippen molar-refractivity contribution in [3.05, 3.63) is 56.4 Å². The number of nitrogens with one attached hydrogen (secondary N) is 2. The Morgan fingerprint density at radius 1 is 1.14 bits per heavy atom. The van der Waals surface area contributed by atoms with E-state index in [1.54, 1.807) is 11.9 Å². The highest BCUT2D eigenvalue weighted by Gasteiger charge is 2.25. The van der Waals surface area contributed by atoms with Gasteiger partial charge < -0.3 is 4.90 Å². The molecule has 1 amide bonds. The zero-order valence-corrected chi connectivity index (χ0v) is 16.0. The van der Waals surface area contributed by atoms with Crippen LogP contribution in [0.5, 0.6) is 0 Å². The lowest BCUT2D eigenvalue weighted by Gasteiger charge is -2.18. The zero-order chi connectivity index (χ0) is 21.4. The van der Waals surface area contributed by atoms with Gasteiger partial charge in [-0.15, -0.1) is 0 Å². The van der Waals surface area contributed by atoms with E-state index in [-0.39, 0.29) is 29.4 Å². The monoisotopic (exact) mass is 403 g/mol. The van der Waals surface area contributed by atoms with Crippen molar-refractivity contribution in [1.82, 2.24) is 15.4 Å². The molecule has 0 radical (unpaired) electrons. The van der Waals surface area contributed by atoms with Gasteiger partial charge in [0.2, 0.25) is 17.5 Å². The standard InChI is InChI=1S/C17H21N7O5/c1-3-4-9-22(2)17-15(24(28)29)16(18-11-19-17)21-20-14(25)10-12-5-7-13(8-6-12)23(26)27/h5-8,11H,3-4,9-10H2,1-2H3,(H,20,25)(H,18,19,21). The normalized spacial score (nSPS) is 10.3. The Balaban J connectivity index is 2.08. The summed E-state index contributed by atoms with van der Waals surface area (Å²) in [6.07, 6.45) is 2.86. The maximum atomic E-state index is 12.1. The molecular formula is C17H21N7O5. The Labute approximate surface area is 166 Å². The third-order valence-electron chi connectivity index (χ3n) is 4.03. The predicted octanol–water partition coefficient (Wildman–Crippen LogP) is 2.22. The number of nitro benzene ring substituents is 1. The number of non-ortho nitro benzene ring substituents is 1. The Hall–Kier alpha value is -3.83. The van der Waals surface area contributed by atoms with Gasteiger partial charge in [-0.05, 0) is 12.0 Å². The van der Waals surface area contributed by atoms with Crippen LogP contribution >= 0.6 is 0 Å². The molecule has 1 aromatic heterocycles. The number of aromatic nitrogens is 2. The maximum absolute atomic E-state index is 12.1. The number of rotatable bonds is 10. The van der Waals surface area contributed by atoms with Crippen LogP contribution in [0.1, 0.15) is 25.3 Å². The molecule has 0 aliphatic rings. The molecule has 1 heterocycles. The molecule has 1 aromatic carbocycles. The first-order chi connectivity index (χ1) is 13.8. The molecule has 0 spiro atoms. The maximum Gasteiger partial charge on any atom is 0.355 e. The zero-order valence-electron chi connectivity index (χ0n) is 16.0. The van der Waals surface area contributed by atoms with E-state index in [1.165, 1.54) is 30.6 Å². The minimum Gasteiger partial charge on any atom is -0.354 e. The lowest BCUT2D eigenvalue weighted by Crippen LogP contribution is -2.32. The summed E-state index contributed by atoms with van der Waals surface area (Å²) in [6.45, 7) is 2.59. The number of nitrogens with zero attached hydrogens (tertiary/aromatic N) is 5. The minimum atomic E-state index is -0.609. The van der Waals surface area contributed by atoms with E-state index in [1.807, 2.05) is 6.92 Å². The van der Waals surface area contributed by atoms with Crippen LogP contribution in [0, 0.1) is 20.2 Å². The highest BCUT2D eigenvalue weighted by atomic mass is 16.6. The summed E-state index contributed by atoms with van der Waals surface area (Å²) in [6, 6.07) is 5.52. The van der Waals surface area contributed by atoms with Gasteiger partial charge >= 0.3 is 5.69 Å². The van der Waals surface area contributed by atoms with Crippen LogP contribution in [-0.2, 0) is 11.2 Å². The Morgan fingerprint density at radius 3 is 2.41 bits per heavy atom. The lowest BCUT2D eigenvalue weighted by molar-refractivity contribution is -0.384. The first-order valence-corrected chi connectivity index (χ1v) is 8.82. The molecule has 29 heavy (non-hydrogen) atoms. The number of benzene rings is 1.